The van der Waals surface area contributed by atoms with Gasteiger partial charge in [0.15, 0.2) is 41.0 Å². The molecule has 701 valence electrons. The van der Waals surface area contributed by atoms with Crippen molar-refractivity contribution in [2.24, 2.45) is 0 Å². The zero-order valence-electron chi connectivity index (χ0n) is 71.0. The smallest absolute Gasteiger partial charge is 1.00 e. The summed E-state index contributed by atoms with van der Waals surface area (Å²) in [4.78, 5) is 35.7. The van der Waals surface area contributed by atoms with Gasteiger partial charge in [0.05, 0.1) is 122 Å². The van der Waals surface area contributed by atoms with E-state index in [1.807, 2.05) is 91.0 Å². The topological polar surface area (TPSA) is 255 Å². The molecule has 12 heterocycles. The zero-order valence-corrected chi connectivity index (χ0v) is 80.3. The number of methoxy groups -OCH3 is 6. The number of morpholine rings is 6. The monoisotopic (exact) mass is 2000 g/mol. The number of nitrogens with zero attached hydrogens (tertiary/aromatic N) is 11. The van der Waals surface area contributed by atoms with Gasteiger partial charge in [-0.25, -0.2) is 24.9 Å². The molecule has 15 rings (SSSR count). The first-order chi connectivity index (χ1) is 59.1. The summed E-state index contributed by atoms with van der Waals surface area (Å²) in [5, 5.41) is 17.0. The second kappa shape index (κ2) is 66.2. The molecule has 40 heteroatoms. The number of ether oxygens (including phenoxy) is 14. The first kappa shape index (κ1) is 118. The van der Waals surface area contributed by atoms with E-state index in [0.29, 0.717) is 148 Å². The number of nitrogens with one attached hydrogen (secondary N) is 1. The second-order valence-electron chi connectivity index (χ2n) is 26.3. The average molecular weight is 2010 g/mol. The van der Waals surface area contributed by atoms with E-state index in [1.54, 1.807) is 73.5 Å². The fraction of sp³-hybridized carbons (Fsp3) is 0.443. The van der Waals surface area contributed by atoms with Gasteiger partial charge in [-0.05, 0) is 114 Å². The van der Waals surface area contributed by atoms with E-state index >= 15 is 0 Å². The Morgan fingerprint density at radius 2 is 0.664 bits per heavy atom. The van der Waals surface area contributed by atoms with E-state index in [2.05, 4.69) is 59.7 Å². The molecule has 0 aliphatic carbocycles. The number of aromatic nitrogens is 6. The van der Waals surface area contributed by atoms with E-state index in [9.17, 15) is 0 Å². The predicted molar refractivity (Wildman–Crippen MR) is 523 cm³/mol. The zero-order chi connectivity index (χ0) is 87.4. The van der Waals surface area contributed by atoms with Gasteiger partial charge in [0.2, 0.25) is 12.5 Å². The molecular formula is C88H119BCl11N12NaO15+. The van der Waals surface area contributed by atoms with Crippen LogP contribution >= 0.6 is 128 Å². The van der Waals surface area contributed by atoms with Gasteiger partial charge in [-0.2, -0.15) is 9.72 Å². The van der Waals surface area contributed by atoms with Crippen molar-refractivity contribution in [1.29, 1.82) is 0 Å². The van der Waals surface area contributed by atoms with Crippen LogP contribution in [0.4, 0.5) is 29.0 Å². The van der Waals surface area contributed by atoms with E-state index < -0.39 is 0 Å². The number of aliphatic hydroxyl groups is 1. The van der Waals surface area contributed by atoms with Gasteiger partial charge in [-0.15, -0.1) is 0 Å². The summed E-state index contributed by atoms with van der Waals surface area (Å²) in [5.74, 6) is 8.80. The van der Waals surface area contributed by atoms with Crippen LogP contribution in [0.15, 0.2) is 127 Å². The van der Waals surface area contributed by atoms with Gasteiger partial charge >= 0.3 is 29.6 Å². The molecule has 0 unspecified atom stereocenters. The van der Waals surface area contributed by atoms with Gasteiger partial charge in [-0.3, -0.25) is 5.32 Å². The Kier molecular flexibility index (Phi) is 60.9. The standard InChI is InChI=1S/2C19H23ClN2O4.C10H14O3.3C9H10Cl2N2O.C5H2Cl3N.C4H8NO.4CH4.B.Na.H2.H/c1-23-16-4-3-14(11-17(16)24-2)5-8-26-15-12-18(20)21-19(13-15)22-6-9-25-10-7-22;1-23-16-4-3-14(11-17(16)24-2)5-8-26-19-13-15(20)12-18(21-19)22-6-9-25-10-7-22;1-12-9-4-3-8(5-6-11)7-10(9)13-2;10-8-5-7(6-9(11)12-8)13-1-3-14-4-2-13;2*10-7-5-8(11)12-9(6-7)13-1-3-14-4-2-13;6-3-1-4(7)9-5(8)2-3;1-3-6-4-2-5-1;;;;;;;;/h2*3-4,11-13H,5-10H2,1-2H3;3-4,7,11H,5-6H2,1-2H3;3*5-6H,1-4H2;1-2H;3,5H,1-2,4H2;4*1H4;;;1H;/q;;;;;;;+1;;;;;;+1;;-1/i;;;;;;;;;;;;;;1+1;. The molecule has 6 fully saturated rings. The first-order valence-corrected chi connectivity index (χ1v) is 42.9. The Labute approximate surface area is 837 Å². The summed E-state index contributed by atoms with van der Waals surface area (Å²) in [6.07, 6.45) is 2.11. The third kappa shape index (κ3) is 43.2. The van der Waals surface area contributed by atoms with Gasteiger partial charge in [0.1, 0.15) is 71.7 Å². The summed E-state index contributed by atoms with van der Waals surface area (Å²) >= 11 is 63.9. The van der Waals surface area contributed by atoms with Crippen molar-refractivity contribution in [3.8, 4) is 46.1 Å². The van der Waals surface area contributed by atoms with Crippen LogP contribution in [0.1, 0.15) is 49.3 Å². The maximum atomic E-state index is 8.74. The summed E-state index contributed by atoms with van der Waals surface area (Å²) < 4.78 is 74.5. The van der Waals surface area contributed by atoms with Gasteiger partial charge < -0.3 is 92.6 Å². The molecular weight excluding hydrogens is 1890 g/mol. The van der Waals surface area contributed by atoms with Crippen molar-refractivity contribution < 1.29 is 104 Å². The van der Waals surface area contributed by atoms with E-state index in [-0.39, 0.29) is 77.1 Å². The number of halogens is 11. The van der Waals surface area contributed by atoms with Gasteiger partial charge in [0.25, 0.3) is 0 Å². The number of hydrogen-bond acceptors (Lipinski definition) is 27. The van der Waals surface area contributed by atoms with Gasteiger partial charge in [0, 0.05) is 145 Å². The van der Waals surface area contributed by atoms with E-state index in [0.717, 1.165) is 183 Å². The van der Waals surface area contributed by atoms with Gasteiger partial charge in [-0.1, -0.05) is 176 Å². The van der Waals surface area contributed by atoms with Crippen LogP contribution in [0, 0.1) is 6.61 Å². The van der Waals surface area contributed by atoms with E-state index in [4.69, 9.17) is 199 Å². The number of aliphatic hydroxyl groups excluding tert-OH is 1. The number of hydrogen-bond donors (Lipinski definition) is 2. The Morgan fingerprint density at radius 3 is 0.977 bits per heavy atom. The number of benzene rings is 3. The fourth-order valence-electron chi connectivity index (χ4n) is 11.9. The van der Waals surface area contributed by atoms with Crippen molar-refractivity contribution in [1.82, 2.24) is 35.2 Å². The summed E-state index contributed by atoms with van der Waals surface area (Å²) in [7, 11) is 9.70. The molecule has 3 radical (unpaired) electrons. The number of pyridine rings is 6. The van der Waals surface area contributed by atoms with E-state index in [1.165, 1.54) is 12.1 Å². The molecule has 6 saturated heterocycles. The molecule has 6 aromatic heterocycles. The molecule has 9 aromatic rings. The molecule has 0 amide bonds. The third-order valence-corrected chi connectivity index (χ3v) is 20.2. The van der Waals surface area contributed by atoms with Crippen LogP contribution < -0.4 is 97.3 Å². The summed E-state index contributed by atoms with van der Waals surface area (Å²) in [6, 6.07) is 38.2. The normalized spacial score (nSPS) is 14.1. The van der Waals surface area contributed by atoms with Crippen LogP contribution in [0.2, 0.25) is 56.2 Å². The molecule has 6 aliphatic heterocycles. The average Bonchev–Trinajstić information content (AvgIpc) is 0.788. The van der Waals surface area contributed by atoms with Crippen molar-refractivity contribution >= 4 is 165 Å². The summed E-state index contributed by atoms with van der Waals surface area (Å²) in [6.45, 7) is 21.2. The van der Waals surface area contributed by atoms with Crippen LogP contribution in [0.3, 0.4) is 0 Å². The van der Waals surface area contributed by atoms with Crippen molar-refractivity contribution in [2.45, 2.75) is 49.0 Å². The Balaban J connectivity index is 0.00000150. The molecule has 0 bridgehead atoms. The molecule has 6 aliphatic rings. The number of rotatable bonds is 21. The third-order valence-electron chi connectivity index (χ3n) is 18.0. The number of anilines is 5. The van der Waals surface area contributed by atoms with Crippen molar-refractivity contribution in [3.05, 3.63) is 207 Å². The molecule has 128 heavy (non-hydrogen) atoms. The minimum absolute atomic E-state index is 0. The molecule has 3 aromatic carbocycles. The Bertz CT molecular complexity index is 4210. The Hall–Kier alpha value is -6.24. The SMILES string of the molecule is C.C.C.C.COc1ccc(CCO)cc1OC.COc1ccc(CCOc2cc(Cl)cc(N3CCOCC3)n2)cc1OC.COc1ccc(CCOc2cc(Cl)nc(N3CCOCC3)c2)cc1OC.Clc1cc(Cl)nc(Cl)c1.Clc1cc(Cl)nc(N2CCOCC2)c1.Clc1cc(Cl)nc(N2CCOCC2)c1.Clc1cc(N2CCOCC2)cc(Cl)n1.[2HH].[B].[CH+]1CNCCO1.[H-].[Na+]. The van der Waals surface area contributed by atoms with Crippen molar-refractivity contribution in [3.63, 3.8) is 0 Å². The van der Waals surface area contributed by atoms with Crippen LogP contribution in [-0.2, 0) is 47.7 Å². The minimum Gasteiger partial charge on any atom is -1.00 e. The quantitative estimate of drug-likeness (QED) is 0.0385. The fourth-order valence-corrected chi connectivity index (χ4v) is 14.5. The molecule has 2 N–H and O–H groups in total. The van der Waals surface area contributed by atoms with Crippen molar-refractivity contribution in [2.75, 3.05) is 238 Å². The van der Waals surface area contributed by atoms with Crippen LogP contribution in [0.5, 0.6) is 46.1 Å². The minimum atomic E-state index is 0. The molecule has 27 nitrogen and oxygen atoms in total. The maximum Gasteiger partial charge on any atom is 1.00 e. The molecule has 0 atom stereocenters. The predicted octanol–water partition coefficient (Wildman–Crippen LogP) is 16.7. The first-order valence-electron chi connectivity index (χ1n) is 38.7. The largest absolute Gasteiger partial charge is 1.00 e. The maximum absolute atomic E-state index is 8.74. The molecule has 0 spiro atoms. The summed E-state index contributed by atoms with van der Waals surface area (Å²) in [5.41, 5.74) is 4.26. The van der Waals surface area contributed by atoms with Crippen LogP contribution in [0.25, 0.3) is 0 Å². The Morgan fingerprint density at radius 1 is 0.359 bits per heavy atom. The van der Waals surface area contributed by atoms with Crippen LogP contribution in [-0.4, -0.2) is 257 Å². The molecule has 0 saturated carbocycles. The second-order valence-corrected chi connectivity index (χ2v) is 30.7.